The van der Waals surface area contributed by atoms with E-state index in [2.05, 4.69) is 17.6 Å². The molecule has 0 saturated carbocycles. The molecule has 0 aliphatic carbocycles. The lowest BCUT2D eigenvalue weighted by atomic mass is 10.1. The summed E-state index contributed by atoms with van der Waals surface area (Å²) in [6, 6.07) is 3.75. The molecule has 0 saturated heterocycles. The van der Waals surface area contributed by atoms with Crippen LogP contribution in [0.3, 0.4) is 0 Å². The molecule has 18 heavy (non-hydrogen) atoms. The molecular formula is C14H22F2N2. The highest BCUT2D eigenvalue weighted by molar-refractivity contribution is 5.18. The number of benzene rings is 1. The minimum absolute atomic E-state index is 0.459. The first-order valence-corrected chi connectivity index (χ1v) is 6.46. The lowest BCUT2D eigenvalue weighted by molar-refractivity contribution is 0.445. The largest absolute Gasteiger partial charge is 0.319 e. The molecule has 102 valence electrons. The smallest absolute Gasteiger partial charge is 0.129 e. The van der Waals surface area contributed by atoms with Gasteiger partial charge in [-0.2, -0.15) is 0 Å². The van der Waals surface area contributed by atoms with Crippen LogP contribution >= 0.6 is 0 Å². The normalized spacial score (nSPS) is 12.7. The van der Waals surface area contributed by atoms with Gasteiger partial charge in [0.15, 0.2) is 0 Å². The van der Waals surface area contributed by atoms with E-state index in [0.717, 1.165) is 25.6 Å². The zero-order chi connectivity index (χ0) is 13.4. The summed E-state index contributed by atoms with van der Waals surface area (Å²) in [5, 5.41) is 6.46. The Balaban J connectivity index is 2.29. The van der Waals surface area contributed by atoms with Crippen LogP contribution in [-0.2, 0) is 6.42 Å². The van der Waals surface area contributed by atoms with Crippen LogP contribution in [0.4, 0.5) is 8.78 Å². The van der Waals surface area contributed by atoms with Gasteiger partial charge in [0.1, 0.15) is 11.6 Å². The number of rotatable bonds is 8. The molecule has 2 N–H and O–H groups in total. The summed E-state index contributed by atoms with van der Waals surface area (Å²) in [6.45, 7) is 4.76. The highest BCUT2D eigenvalue weighted by Crippen LogP contribution is 2.09. The van der Waals surface area contributed by atoms with Crippen molar-refractivity contribution in [1.82, 2.24) is 10.6 Å². The summed E-state index contributed by atoms with van der Waals surface area (Å²) in [5.41, 5.74) is 0.561. The van der Waals surface area contributed by atoms with E-state index in [-0.39, 0.29) is 0 Å². The van der Waals surface area contributed by atoms with Gasteiger partial charge in [0.25, 0.3) is 0 Å². The van der Waals surface area contributed by atoms with Crippen LogP contribution in [0.15, 0.2) is 18.2 Å². The molecule has 0 radical (unpaired) electrons. The van der Waals surface area contributed by atoms with Gasteiger partial charge in [0.2, 0.25) is 0 Å². The van der Waals surface area contributed by atoms with Gasteiger partial charge in [-0.25, -0.2) is 8.78 Å². The van der Waals surface area contributed by atoms with E-state index < -0.39 is 11.6 Å². The highest BCUT2D eigenvalue weighted by atomic mass is 19.1. The van der Waals surface area contributed by atoms with Crippen LogP contribution in [0.5, 0.6) is 0 Å². The molecule has 1 aromatic carbocycles. The maximum atomic E-state index is 13.3. The average molecular weight is 256 g/mol. The number of hydrogen-bond donors (Lipinski definition) is 2. The van der Waals surface area contributed by atoms with E-state index in [0.29, 0.717) is 24.4 Å². The number of halogens is 2. The van der Waals surface area contributed by atoms with Gasteiger partial charge in [-0.1, -0.05) is 19.4 Å². The zero-order valence-corrected chi connectivity index (χ0v) is 11.1. The molecule has 0 bridgehead atoms. The molecule has 1 unspecified atom stereocenters. The SMILES string of the molecule is CCC(CNC)CNCCc1ccc(F)cc1F. The third-order valence-electron chi connectivity index (χ3n) is 3.09. The molecule has 0 amide bonds. The number of nitrogens with one attached hydrogen (secondary N) is 2. The molecule has 0 aliphatic heterocycles. The Bertz CT molecular complexity index is 356. The molecular weight excluding hydrogens is 234 g/mol. The summed E-state index contributed by atoms with van der Waals surface area (Å²) in [4.78, 5) is 0. The van der Waals surface area contributed by atoms with Crippen LogP contribution in [0, 0.1) is 17.6 Å². The summed E-state index contributed by atoms with van der Waals surface area (Å²) < 4.78 is 26.1. The fourth-order valence-electron chi connectivity index (χ4n) is 1.90. The fourth-order valence-corrected chi connectivity index (χ4v) is 1.90. The maximum absolute atomic E-state index is 13.3. The monoisotopic (exact) mass is 256 g/mol. The van der Waals surface area contributed by atoms with E-state index in [9.17, 15) is 8.78 Å². The van der Waals surface area contributed by atoms with Gasteiger partial charge in [-0.3, -0.25) is 0 Å². The minimum Gasteiger partial charge on any atom is -0.319 e. The molecule has 1 atom stereocenters. The molecule has 0 heterocycles. The molecule has 2 nitrogen and oxygen atoms in total. The van der Waals surface area contributed by atoms with Gasteiger partial charge in [0, 0.05) is 6.07 Å². The third kappa shape index (κ3) is 5.10. The van der Waals surface area contributed by atoms with Crippen LogP contribution in [0.2, 0.25) is 0 Å². The van der Waals surface area contributed by atoms with Crippen LogP contribution in [0.1, 0.15) is 18.9 Å². The van der Waals surface area contributed by atoms with Gasteiger partial charge in [-0.05, 0) is 50.7 Å². The Morgan fingerprint density at radius 1 is 1.22 bits per heavy atom. The fraction of sp³-hybridized carbons (Fsp3) is 0.571. The predicted octanol–water partition coefficient (Wildman–Crippen LogP) is 2.34. The maximum Gasteiger partial charge on any atom is 0.129 e. The minimum atomic E-state index is -0.524. The van der Waals surface area contributed by atoms with E-state index >= 15 is 0 Å². The van der Waals surface area contributed by atoms with Crippen molar-refractivity contribution < 1.29 is 8.78 Å². The first-order valence-electron chi connectivity index (χ1n) is 6.46. The standard InChI is InChI=1S/C14H22F2N2/c1-3-11(9-17-2)10-18-7-6-12-4-5-13(15)8-14(12)16/h4-5,8,11,17-18H,3,6-7,9-10H2,1-2H3. The van der Waals surface area contributed by atoms with Gasteiger partial charge >= 0.3 is 0 Å². The van der Waals surface area contributed by atoms with Crippen molar-refractivity contribution in [2.45, 2.75) is 19.8 Å². The second-order valence-corrected chi connectivity index (χ2v) is 4.52. The van der Waals surface area contributed by atoms with Gasteiger partial charge < -0.3 is 10.6 Å². The molecule has 0 fully saturated rings. The summed E-state index contributed by atoms with van der Waals surface area (Å²) >= 11 is 0. The van der Waals surface area contributed by atoms with Crippen LogP contribution in [0.25, 0.3) is 0 Å². The molecule has 1 rings (SSSR count). The van der Waals surface area contributed by atoms with Crippen LogP contribution in [-0.4, -0.2) is 26.7 Å². The van der Waals surface area contributed by atoms with Crippen LogP contribution < -0.4 is 10.6 Å². The van der Waals surface area contributed by atoms with Crippen molar-refractivity contribution in [3.8, 4) is 0 Å². The Kier molecular flexibility index (Phi) is 6.83. The first-order chi connectivity index (χ1) is 8.67. The van der Waals surface area contributed by atoms with E-state index in [1.165, 1.54) is 12.1 Å². The van der Waals surface area contributed by atoms with Crippen molar-refractivity contribution in [2.24, 2.45) is 5.92 Å². The third-order valence-corrected chi connectivity index (χ3v) is 3.09. The van der Waals surface area contributed by atoms with E-state index in [1.54, 1.807) is 0 Å². The van der Waals surface area contributed by atoms with E-state index in [4.69, 9.17) is 0 Å². The second-order valence-electron chi connectivity index (χ2n) is 4.52. The van der Waals surface area contributed by atoms with E-state index in [1.807, 2.05) is 7.05 Å². The average Bonchev–Trinajstić information content (AvgIpc) is 2.35. The van der Waals surface area contributed by atoms with Crippen molar-refractivity contribution in [3.63, 3.8) is 0 Å². The molecule has 0 aromatic heterocycles. The number of hydrogen-bond acceptors (Lipinski definition) is 2. The van der Waals surface area contributed by atoms with Gasteiger partial charge in [0.05, 0.1) is 0 Å². The molecule has 0 aliphatic rings. The Morgan fingerprint density at radius 3 is 2.61 bits per heavy atom. The molecule has 1 aromatic rings. The highest BCUT2D eigenvalue weighted by Gasteiger charge is 2.06. The predicted molar refractivity (Wildman–Crippen MR) is 70.6 cm³/mol. The Labute approximate surface area is 108 Å². The van der Waals surface area contributed by atoms with Crippen molar-refractivity contribution >= 4 is 0 Å². The van der Waals surface area contributed by atoms with Gasteiger partial charge in [-0.15, -0.1) is 0 Å². The quantitative estimate of drug-likeness (QED) is 0.698. The van der Waals surface area contributed by atoms with Crippen molar-refractivity contribution in [1.29, 1.82) is 0 Å². The van der Waals surface area contributed by atoms with Crippen molar-refractivity contribution in [3.05, 3.63) is 35.4 Å². The summed E-state index contributed by atoms with van der Waals surface area (Å²) in [7, 11) is 1.94. The zero-order valence-electron chi connectivity index (χ0n) is 11.1. The first kappa shape index (κ1) is 15.1. The molecule has 0 spiro atoms. The Morgan fingerprint density at radius 2 is 2.00 bits per heavy atom. The lowest BCUT2D eigenvalue weighted by Crippen LogP contribution is -2.30. The molecule has 4 heteroatoms. The van der Waals surface area contributed by atoms with Crippen molar-refractivity contribution in [2.75, 3.05) is 26.7 Å². The Hall–Kier alpha value is -1.00. The topological polar surface area (TPSA) is 24.1 Å². The summed E-state index contributed by atoms with van der Waals surface area (Å²) in [5.74, 6) is -0.392. The summed E-state index contributed by atoms with van der Waals surface area (Å²) in [6.07, 6.45) is 1.70. The lowest BCUT2D eigenvalue weighted by Gasteiger charge is -2.15. The second kappa shape index (κ2) is 8.16.